The summed E-state index contributed by atoms with van der Waals surface area (Å²) in [5, 5.41) is 8.65. The molecule has 0 saturated carbocycles. The molecule has 0 bridgehead atoms. The molecule has 0 unspecified atom stereocenters. The second-order valence-corrected chi connectivity index (χ2v) is 7.29. The molecule has 0 atom stereocenters. The molecule has 4 N–H and O–H groups in total. The highest BCUT2D eigenvalue weighted by atomic mass is 35.5. The minimum Gasteiger partial charge on any atom is -0.396 e. The maximum Gasteiger partial charge on any atom is 0.243 e. The van der Waals surface area contributed by atoms with Crippen molar-refractivity contribution in [3.63, 3.8) is 0 Å². The Balaban J connectivity index is 2.65. The van der Waals surface area contributed by atoms with Crippen molar-refractivity contribution in [2.45, 2.75) is 11.3 Å². The standard InChI is InChI=1S/C11H16ClFN2O3S2/c12-8-6-9(14)11(13)10(7-8)20(17,18)15-2-5-19-4-1-3-16/h6-7,15-16H,1-5,14H2. The molecule has 1 rings (SSSR count). The lowest BCUT2D eigenvalue weighted by Crippen LogP contribution is -2.27. The Hall–Kier alpha value is -0.540. The van der Waals surface area contributed by atoms with Gasteiger partial charge >= 0.3 is 0 Å². The molecule has 9 heteroatoms. The van der Waals surface area contributed by atoms with E-state index in [4.69, 9.17) is 22.4 Å². The highest BCUT2D eigenvalue weighted by molar-refractivity contribution is 7.99. The summed E-state index contributed by atoms with van der Waals surface area (Å²) in [5.41, 5.74) is 5.04. The fraction of sp³-hybridized carbons (Fsp3) is 0.455. The maximum absolute atomic E-state index is 13.7. The number of hydrogen-bond donors (Lipinski definition) is 3. The number of thioether (sulfide) groups is 1. The van der Waals surface area contributed by atoms with Crippen molar-refractivity contribution in [2.24, 2.45) is 0 Å². The van der Waals surface area contributed by atoms with Crippen molar-refractivity contribution in [3.8, 4) is 0 Å². The lowest BCUT2D eigenvalue weighted by Gasteiger charge is -2.09. The number of nitrogen functional groups attached to an aromatic ring is 1. The smallest absolute Gasteiger partial charge is 0.243 e. The van der Waals surface area contributed by atoms with E-state index in [1.165, 1.54) is 11.8 Å². The van der Waals surface area contributed by atoms with E-state index >= 15 is 0 Å². The lowest BCUT2D eigenvalue weighted by atomic mass is 10.3. The molecule has 1 aromatic rings. The van der Waals surface area contributed by atoms with Crippen LogP contribution in [0.5, 0.6) is 0 Å². The van der Waals surface area contributed by atoms with Crippen molar-refractivity contribution in [3.05, 3.63) is 23.0 Å². The quantitative estimate of drug-likeness (QED) is 0.491. The zero-order chi connectivity index (χ0) is 15.2. The van der Waals surface area contributed by atoms with Crippen molar-refractivity contribution < 1.29 is 17.9 Å². The summed E-state index contributed by atoms with van der Waals surface area (Å²) in [7, 11) is -3.98. The normalized spacial score (nSPS) is 11.8. The number of nitrogens with two attached hydrogens (primary N) is 1. The summed E-state index contributed by atoms with van der Waals surface area (Å²) in [4.78, 5) is -0.553. The van der Waals surface area contributed by atoms with Gasteiger partial charge in [0.25, 0.3) is 0 Å². The van der Waals surface area contributed by atoms with Gasteiger partial charge in [0, 0.05) is 23.9 Å². The molecule has 114 valence electrons. The van der Waals surface area contributed by atoms with Crippen LogP contribution >= 0.6 is 23.4 Å². The first-order chi connectivity index (χ1) is 9.38. The minimum absolute atomic E-state index is 0.0570. The van der Waals surface area contributed by atoms with Crippen LogP contribution in [0.15, 0.2) is 17.0 Å². The Bertz CT molecular complexity index is 555. The molecule has 0 radical (unpaired) electrons. The van der Waals surface area contributed by atoms with Gasteiger partial charge in [-0.1, -0.05) is 11.6 Å². The van der Waals surface area contributed by atoms with Crippen LogP contribution in [0.2, 0.25) is 5.02 Å². The number of aliphatic hydroxyl groups is 1. The van der Waals surface area contributed by atoms with Crippen LogP contribution < -0.4 is 10.5 Å². The first-order valence-electron chi connectivity index (χ1n) is 5.81. The van der Waals surface area contributed by atoms with E-state index in [-0.39, 0.29) is 23.9 Å². The predicted molar refractivity (Wildman–Crippen MR) is 80.0 cm³/mol. The number of anilines is 1. The summed E-state index contributed by atoms with van der Waals surface area (Å²) in [6.45, 7) is 0.260. The average Bonchev–Trinajstić information content (AvgIpc) is 2.37. The Morgan fingerprint density at radius 2 is 2.10 bits per heavy atom. The zero-order valence-electron chi connectivity index (χ0n) is 10.6. The van der Waals surface area contributed by atoms with E-state index in [1.54, 1.807) is 0 Å². The molecule has 0 spiro atoms. The topological polar surface area (TPSA) is 92.4 Å². The molecular formula is C11H16ClFN2O3S2. The fourth-order valence-electron chi connectivity index (χ4n) is 1.37. The molecular weight excluding hydrogens is 327 g/mol. The van der Waals surface area contributed by atoms with Gasteiger partial charge in [-0.05, 0) is 24.3 Å². The van der Waals surface area contributed by atoms with Gasteiger partial charge in [-0.15, -0.1) is 0 Å². The fourth-order valence-corrected chi connectivity index (χ4v) is 3.74. The maximum atomic E-state index is 13.7. The molecule has 20 heavy (non-hydrogen) atoms. The van der Waals surface area contributed by atoms with Crippen molar-refractivity contribution in [1.82, 2.24) is 4.72 Å². The number of sulfonamides is 1. The largest absolute Gasteiger partial charge is 0.396 e. The van der Waals surface area contributed by atoms with Gasteiger partial charge in [0.05, 0.1) is 5.69 Å². The van der Waals surface area contributed by atoms with Gasteiger partial charge in [0.2, 0.25) is 10.0 Å². The average molecular weight is 343 g/mol. The van der Waals surface area contributed by atoms with E-state index in [1.807, 2.05) is 0 Å². The first-order valence-corrected chi connectivity index (χ1v) is 8.83. The minimum atomic E-state index is -3.98. The molecule has 0 heterocycles. The number of benzene rings is 1. The summed E-state index contributed by atoms with van der Waals surface area (Å²) >= 11 is 7.17. The van der Waals surface area contributed by atoms with Crippen LogP contribution in [0.4, 0.5) is 10.1 Å². The molecule has 0 aliphatic rings. The highest BCUT2D eigenvalue weighted by Crippen LogP contribution is 2.25. The van der Waals surface area contributed by atoms with Crippen LogP contribution in [0, 0.1) is 5.82 Å². The second-order valence-electron chi connectivity index (χ2n) is 3.89. The monoisotopic (exact) mass is 342 g/mol. The third-order valence-electron chi connectivity index (χ3n) is 2.31. The van der Waals surface area contributed by atoms with Crippen molar-refractivity contribution in [1.29, 1.82) is 0 Å². The zero-order valence-corrected chi connectivity index (χ0v) is 13.0. The number of halogens is 2. The summed E-state index contributed by atoms with van der Waals surface area (Å²) in [6, 6.07) is 2.18. The van der Waals surface area contributed by atoms with Crippen molar-refractivity contribution >= 4 is 39.1 Å². The van der Waals surface area contributed by atoms with Gasteiger partial charge in [0.15, 0.2) is 5.82 Å². The van der Waals surface area contributed by atoms with E-state index < -0.39 is 20.7 Å². The van der Waals surface area contributed by atoms with E-state index in [9.17, 15) is 12.8 Å². The predicted octanol–water partition coefficient (Wildman–Crippen LogP) is 1.46. The SMILES string of the molecule is Nc1cc(Cl)cc(S(=O)(=O)NCCSCCCO)c1F. The van der Waals surface area contributed by atoms with E-state index in [0.29, 0.717) is 12.2 Å². The summed E-state index contributed by atoms with van der Waals surface area (Å²) in [6.07, 6.45) is 0.650. The lowest BCUT2D eigenvalue weighted by molar-refractivity contribution is 0.296. The molecule has 0 saturated heterocycles. The van der Waals surface area contributed by atoms with E-state index in [2.05, 4.69) is 4.72 Å². The Labute approximate surface area is 126 Å². The van der Waals surface area contributed by atoms with Gasteiger partial charge in [0.1, 0.15) is 4.90 Å². The molecule has 0 aliphatic heterocycles. The third kappa shape index (κ3) is 5.10. The van der Waals surface area contributed by atoms with Crippen LogP contribution in [0.25, 0.3) is 0 Å². The number of aliphatic hydroxyl groups excluding tert-OH is 1. The molecule has 1 aromatic carbocycles. The third-order valence-corrected chi connectivity index (χ3v) is 5.06. The molecule has 0 amide bonds. The molecule has 5 nitrogen and oxygen atoms in total. The molecule has 0 aliphatic carbocycles. The van der Waals surface area contributed by atoms with Gasteiger partial charge < -0.3 is 10.8 Å². The van der Waals surface area contributed by atoms with Crippen LogP contribution in [-0.4, -0.2) is 38.2 Å². The van der Waals surface area contributed by atoms with E-state index in [0.717, 1.165) is 17.9 Å². The number of nitrogens with one attached hydrogen (secondary N) is 1. The Kier molecular flexibility index (Phi) is 7.04. The Morgan fingerprint density at radius 3 is 2.75 bits per heavy atom. The summed E-state index contributed by atoms with van der Waals surface area (Å²) in [5.74, 6) is 0.253. The van der Waals surface area contributed by atoms with Gasteiger partial charge in [-0.2, -0.15) is 11.8 Å². The summed E-state index contributed by atoms with van der Waals surface area (Å²) < 4.78 is 39.9. The van der Waals surface area contributed by atoms with Crippen LogP contribution in [0.1, 0.15) is 6.42 Å². The van der Waals surface area contributed by atoms with Gasteiger partial charge in [-0.3, -0.25) is 0 Å². The van der Waals surface area contributed by atoms with Crippen LogP contribution in [-0.2, 0) is 10.0 Å². The highest BCUT2D eigenvalue weighted by Gasteiger charge is 2.21. The number of rotatable bonds is 8. The van der Waals surface area contributed by atoms with Gasteiger partial charge in [-0.25, -0.2) is 17.5 Å². The van der Waals surface area contributed by atoms with Crippen molar-refractivity contribution in [2.75, 3.05) is 30.4 Å². The Morgan fingerprint density at radius 1 is 1.40 bits per heavy atom. The first kappa shape index (κ1) is 17.5. The number of hydrogen-bond acceptors (Lipinski definition) is 5. The molecule has 0 aromatic heterocycles. The molecule has 0 fully saturated rings. The second kappa shape index (κ2) is 8.04. The van der Waals surface area contributed by atoms with Crippen LogP contribution in [0.3, 0.4) is 0 Å².